The van der Waals surface area contributed by atoms with E-state index in [2.05, 4.69) is 18.2 Å². The third-order valence-electron chi connectivity index (χ3n) is 4.42. The van der Waals surface area contributed by atoms with Gasteiger partial charge in [-0.3, -0.25) is 9.69 Å². The minimum absolute atomic E-state index is 0.381. The Morgan fingerprint density at radius 2 is 2.00 bits per heavy atom. The molecular weight excluding hydrogens is 290 g/mol. The first-order chi connectivity index (χ1) is 11.2. The summed E-state index contributed by atoms with van der Waals surface area (Å²) in [6.07, 6.45) is 1.65. The van der Waals surface area contributed by atoms with E-state index in [9.17, 15) is 9.90 Å². The van der Waals surface area contributed by atoms with Crippen LogP contribution in [0, 0.1) is 0 Å². The highest BCUT2D eigenvalue weighted by Crippen LogP contribution is 2.30. The number of aliphatic carboxylic acids is 1. The Labute approximate surface area is 136 Å². The predicted octanol–water partition coefficient (Wildman–Crippen LogP) is 3.41. The highest BCUT2D eigenvalue weighted by molar-refractivity contribution is 5.74. The molecule has 0 amide bonds. The second-order valence-electron chi connectivity index (χ2n) is 5.86. The summed E-state index contributed by atoms with van der Waals surface area (Å²) in [4.78, 5) is 13.3. The van der Waals surface area contributed by atoms with Gasteiger partial charge in [-0.2, -0.15) is 0 Å². The van der Waals surface area contributed by atoms with E-state index in [4.69, 9.17) is 4.74 Å². The molecule has 0 spiro atoms. The smallest absolute Gasteiger partial charge is 0.320 e. The molecule has 1 N–H and O–H groups in total. The Morgan fingerprint density at radius 1 is 1.22 bits per heavy atom. The van der Waals surface area contributed by atoms with Crippen molar-refractivity contribution in [3.63, 3.8) is 0 Å². The Balaban J connectivity index is 1.84. The van der Waals surface area contributed by atoms with Gasteiger partial charge >= 0.3 is 5.97 Å². The molecule has 2 aromatic rings. The second-order valence-corrected chi connectivity index (χ2v) is 5.86. The molecule has 0 aromatic heterocycles. The van der Waals surface area contributed by atoms with Crippen LogP contribution in [0.2, 0.25) is 0 Å². The van der Waals surface area contributed by atoms with Crippen LogP contribution in [0.5, 0.6) is 5.75 Å². The quantitative estimate of drug-likeness (QED) is 0.919. The van der Waals surface area contributed by atoms with Crippen LogP contribution in [0.4, 0.5) is 0 Å². The summed E-state index contributed by atoms with van der Waals surface area (Å²) in [7, 11) is 1.66. The van der Waals surface area contributed by atoms with Gasteiger partial charge in [-0.15, -0.1) is 0 Å². The number of carboxylic acids is 1. The Kier molecular flexibility index (Phi) is 4.63. The van der Waals surface area contributed by atoms with Crippen LogP contribution in [0.3, 0.4) is 0 Å². The number of methoxy groups -OCH3 is 1. The van der Waals surface area contributed by atoms with E-state index in [0.29, 0.717) is 6.54 Å². The maximum absolute atomic E-state index is 11.3. The van der Waals surface area contributed by atoms with E-state index in [0.717, 1.165) is 41.8 Å². The SMILES string of the molecule is COc1cc(-c2ccccc2)ccc1CN1CCC[C@H]1C(=O)O. The molecule has 1 saturated heterocycles. The molecule has 4 heteroatoms. The number of likely N-dealkylation sites (tertiary alicyclic amines) is 1. The number of hydrogen-bond acceptors (Lipinski definition) is 3. The molecule has 0 aliphatic carbocycles. The first-order valence-corrected chi connectivity index (χ1v) is 7.88. The van der Waals surface area contributed by atoms with Crippen LogP contribution in [0.15, 0.2) is 48.5 Å². The van der Waals surface area contributed by atoms with Gasteiger partial charge in [-0.05, 0) is 36.6 Å². The number of carboxylic acid groups (broad SMARTS) is 1. The second kappa shape index (κ2) is 6.84. The third-order valence-corrected chi connectivity index (χ3v) is 4.42. The summed E-state index contributed by atoms with van der Waals surface area (Å²) < 4.78 is 5.54. The lowest BCUT2D eigenvalue weighted by atomic mass is 10.0. The standard InChI is InChI=1S/C19H21NO3/c1-23-18-12-15(14-6-3-2-4-7-14)9-10-16(18)13-20-11-5-8-17(20)19(21)22/h2-4,6-7,9-10,12,17H,5,8,11,13H2,1H3,(H,21,22)/t17-/m0/s1. The van der Waals surface area contributed by atoms with Crippen LogP contribution >= 0.6 is 0 Å². The lowest BCUT2D eigenvalue weighted by molar-refractivity contribution is -0.142. The predicted molar refractivity (Wildman–Crippen MR) is 89.5 cm³/mol. The van der Waals surface area contributed by atoms with E-state index in [-0.39, 0.29) is 6.04 Å². The molecule has 0 unspecified atom stereocenters. The zero-order chi connectivity index (χ0) is 16.2. The fraction of sp³-hybridized carbons (Fsp3) is 0.316. The molecule has 3 rings (SSSR count). The molecule has 1 aliphatic rings. The molecule has 0 bridgehead atoms. The van der Waals surface area contributed by atoms with Gasteiger partial charge in [0.2, 0.25) is 0 Å². The first-order valence-electron chi connectivity index (χ1n) is 7.88. The molecule has 120 valence electrons. The van der Waals surface area contributed by atoms with Gasteiger partial charge in [-0.25, -0.2) is 0 Å². The number of carbonyl (C=O) groups is 1. The molecular formula is C19H21NO3. The highest BCUT2D eigenvalue weighted by atomic mass is 16.5. The Bertz CT molecular complexity index is 684. The zero-order valence-corrected chi connectivity index (χ0v) is 13.2. The van der Waals surface area contributed by atoms with E-state index in [1.807, 2.05) is 35.2 Å². The maximum atomic E-state index is 11.3. The van der Waals surface area contributed by atoms with Crippen LogP contribution < -0.4 is 4.74 Å². The van der Waals surface area contributed by atoms with Crippen molar-refractivity contribution in [3.8, 4) is 16.9 Å². The molecule has 0 radical (unpaired) electrons. The van der Waals surface area contributed by atoms with Crippen molar-refractivity contribution < 1.29 is 14.6 Å². The van der Waals surface area contributed by atoms with E-state index < -0.39 is 5.97 Å². The normalized spacial score (nSPS) is 18.0. The van der Waals surface area contributed by atoms with Crippen LogP contribution in [-0.4, -0.2) is 35.7 Å². The summed E-state index contributed by atoms with van der Waals surface area (Å²) in [5.74, 6) is 0.0739. The van der Waals surface area contributed by atoms with Crippen molar-refractivity contribution in [1.82, 2.24) is 4.90 Å². The van der Waals surface area contributed by atoms with Gasteiger partial charge in [-0.1, -0.05) is 42.5 Å². The van der Waals surface area contributed by atoms with Crippen molar-refractivity contribution >= 4 is 5.97 Å². The molecule has 2 aromatic carbocycles. The molecule has 1 atom stereocenters. The summed E-state index contributed by atoms with van der Waals surface area (Å²) >= 11 is 0. The van der Waals surface area contributed by atoms with Gasteiger partial charge in [0.1, 0.15) is 11.8 Å². The molecule has 23 heavy (non-hydrogen) atoms. The van der Waals surface area contributed by atoms with Crippen LogP contribution in [0.1, 0.15) is 18.4 Å². The van der Waals surface area contributed by atoms with E-state index in [1.54, 1.807) is 7.11 Å². The average molecular weight is 311 g/mol. The number of hydrogen-bond donors (Lipinski definition) is 1. The van der Waals surface area contributed by atoms with Gasteiger partial charge in [0.15, 0.2) is 0 Å². The largest absolute Gasteiger partial charge is 0.496 e. The first kappa shape index (κ1) is 15.6. The monoisotopic (exact) mass is 311 g/mol. The number of rotatable bonds is 5. The van der Waals surface area contributed by atoms with Crippen LogP contribution in [0.25, 0.3) is 11.1 Å². The lowest BCUT2D eigenvalue weighted by Gasteiger charge is -2.22. The zero-order valence-electron chi connectivity index (χ0n) is 13.2. The maximum Gasteiger partial charge on any atom is 0.320 e. The third kappa shape index (κ3) is 3.37. The van der Waals surface area contributed by atoms with Crippen molar-refractivity contribution in [2.45, 2.75) is 25.4 Å². The van der Waals surface area contributed by atoms with Gasteiger partial charge < -0.3 is 9.84 Å². The molecule has 1 heterocycles. The molecule has 1 aliphatic heterocycles. The highest BCUT2D eigenvalue weighted by Gasteiger charge is 2.30. The minimum atomic E-state index is -0.734. The van der Waals surface area contributed by atoms with Crippen molar-refractivity contribution in [2.75, 3.05) is 13.7 Å². The fourth-order valence-corrected chi connectivity index (χ4v) is 3.20. The average Bonchev–Trinajstić information content (AvgIpc) is 3.04. The van der Waals surface area contributed by atoms with Gasteiger partial charge in [0.25, 0.3) is 0 Å². The topological polar surface area (TPSA) is 49.8 Å². The molecule has 0 saturated carbocycles. The van der Waals surface area contributed by atoms with Gasteiger partial charge in [0.05, 0.1) is 7.11 Å². The van der Waals surface area contributed by atoms with Gasteiger partial charge in [0, 0.05) is 12.1 Å². The Morgan fingerprint density at radius 3 is 2.70 bits per heavy atom. The van der Waals surface area contributed by atoms with Crippen LogP contribution in [-0.2, 0) is 11.3 Å². The fourth-order valence-electron chi connectivity index (χ4n) is 3.20. The lowest BCUT2D eigenvalue weighted by Crippen LogP contribution is -2.35. The molecule has 1 fully saturated rings. The summed E-state index contributed by atoms with van der Waals surface area (Å²) in [5.41, 5.74) is 3.27. The summed E-state index contributed by atoms with van der Waals surface area (Å²) in [6, 6.07) is 15.9. The molecule has 4 nitrogen and oxygen atoms in total. The van der Waals surface area contributed by atoms with Crippen molar-refractivity contribution in [3.05, 3.63) is 54.1 Å². The summed E-state index contributed by atoms with van der Waals surface area (Å²) in [6.45, 7) is 1.43. The summed E-state index contributed by atoms with van der Waals surface area (Å²) in [5, 5.41) is 9.31. The van der Waals surface area contributed by atoms with Crippen molar-refractivity contribution in [2.24, 2.45) is 0 Å². The Hall–Kier alpha value is -2.33. The minimum Gasteiger partial charge on any atom is -0.496 e. The number of nitrogens with zero attached hydrogens (tertiary/aromatic N) is 1. The number of ether oxygens (including phenoxy) is 1. The number of benzene rings is 2. The van der Waals surface area contributed by atoms with E-state index in [1.165, 1.54) is 0 Å². The van der Waals surface area contributed by atoms with Crippen molar-refractivity contribution in [1.29, 1.82) is 0 Å². The van der Waals surface area contributed by atoms with E-state index >= 15 is 0 Å².